The molecule has 0 fully saturated rings. The molecule has 0 radical (unpaired) electrons. The zero-order valence-corrected chi connectivity index (χ0v) is 17.7. The number of hydrogen-bond acceptors (Lipinski definition) is 3. The number of quaternary nitrogens is 1. The number of Topliss-reactive ketones (excluding diaryl/α,β-unsaturated/α-hetero) is 1. The van der Waals surface area contributed by atoms with Crippen LogP contribution in [0.2, 0.25) is 0 Å². The molecule has 3 N–H and O–H groups in total. The highest BCUT2D eigenvalue weighted by atomic mass is 16.1. The van der Waals surface area contributed by atoms with E-state index in [1.54, 1.807) is 11.0 Å². The van der Waals surface area contributed by atoms with Gasteiger partial charge in [-0.25, -0.2) is 9.67 Å². The number of nitrogens with two attached hydrogens (primary N) is 1. The fraction of sp³-hybridized carbons (Fsp3) is 0.115. The van der Waals surface area contributed by atoms with E-state index in [0.717, 1.165) is 33.3 Å². The molecular weight excluding hydrogens is 398 g/mol. The van der Waals surface area contributed by atoms with Crippen LogP contribution in [0.1, 0.15) is 40.5 Å². The molecule has 0 unspecified atom stereocenters. The molecule has 32 heavy (non-hydrogen) atoms. The van der Waals surface area contributed by atoms with E-state index in [9.17, 15) is 4.79 Å². The molecule has 0 saturated carbocycles. The molecule has 0 bridgehead atoms. The first-order chi connectivity index (χ1) is 15.7. The van der Waals surface area contributed by atoms with Crippen molar-refractivity contribution in [2.24, 2.45) is 0 Å². The summed E-state index contributed by atoms with van der Waals surface area (Å²) in [5.74, 6) is 0.0970. The van der Waals surface area contributed by atoms with Crippen molar-refractivity contribution >= 4 is 16.7 Å². The van der Waals surface area contributed by atoms with Crippen LogP contribution in [-0.4, -0.2) is 25.5 Å². The molecule has 0 spiro atoms. The van der Waals surface area contributed by atoms with Crippen LogP contribution in [0.15, 0.2) is 97.7 Å². The van der Waals surface area contributed by atoms with Gasteiger partial charge in [-0.3, -0.25) is 4.79 Å². The Balaban J connectivity index is 1.44. The summed E-state index contributed by atoms with van der Waals surface area (Å²) in [6, 6.07) is 25.8. The van der Waals surface area contributed by atoms with Gasteiger partial charge in [0.2, 0.25) is 5.78 Å². The third kappa shape index (κ3) is 3.84. The van der Waals surface area contributed by atoms with E-state index in [2.05, 4.69) is 39.4 Å². The number of benzene rings is 3. The lowest BCUT2D eigenvalue weighted by molar-refractivity contribution is -0.718. The number of aromatic amines is 1. The Hall–Kier alpha value is -4.03. The van der Waals surface area contributed by atoms with Crippen LogP contribution in [0.4, 0.5) is 0 Å². The van der Waals surface area contributed by atoms with Gasteiger partial charge in [0.25, 0.3) is 0 Å². The first-order valence-corrected chi connectivity index (χ1v) is 10.7. The van der Waals surface area contributed by atoms with Crippen LogP contribution in [0.5, 0.6) is 0 Å². The Morgan fingerprint density at radius 2 is 1.69 bits per heavy atom. The average molecular weight is 423 g/mol. The van der Waals surface area contributed by atoms with Gasteiger partial charge in [0.15, 0.2) is 6.04 Å². The number of rotatable bonds is 7. The Kier molecular flexibility index (Phi) is 5.35. The summed E-state index contributed by atoms with van der Waals surface area (Å²) in [4.78, 5) is 21.0. The zero-order valence-electron chi connectivity index (χ0n) is 17.7. The average Bonchev–Trinajstić information content (AvgIpc) is 3.53. The third-order valence-electron chi connectivity index (χ3n) is 5.88. The molecule has 3 aromatic carbocycles. The molecule has 158 valence electrons. The van der Waals surface area contributed by atoms with Gasteiger partial charge in [-0.1, -0.05) is 60.7 Å². The fourth-order valence-electron chi connectivity index (χ4n) is 4.13. The highest BCUT2D eigenvalue weighted by Crippen LogP contribution is 2.24. The lowest BCUT2D eigenvalue weighted by atomic mass is 9.95. The molecule has 0 amide bonds. The smallest absolute Gasteiger partial charge is 0.226 e. The van der Waals surface area contributed by atoms with E-state index in [-0.39, 0.29) is 17.9 Å². The van der Waals surface area contributed by atoms with Gasteiger partial charge in [-0.05, 0) is 25.1 Å². The first kappa shape index (κ1) is 19.9. The van der Waals surface area contributed by atoms with Crippen molar-refractivity contribution in [1.29, 1.82) is 0 Å². The second-order valence-electron chi connectivity index (χ2n) is 7.91. The quantitative estimate of drug-likeness (QED) is 0.389. The van der Waals surface area contributed by atoms with Crippen LogP contribution in [0.3, 0.4) is 0 Å². The van der Waals surface area contributed by atoms with Crippen molar-refractivity contribution in [2.75, 3.05) is 0 Å². The monoisotopic (exact) mass is 422 g/mol. The molecule has 6 nitrogen and oxygen atoms in total. The van der Waals surface area contributed by atoms with Crippen molar-refractivity contribution < 1.29 is 10.1 Å². The van der Waals surface area contributed by atoms with Crippen LogP contribution in [0, 0.1) is 0 Å². The minimum absolute atomic E-state index is 0.0826. The van der Waals surface area contributed by atoms with Gasteiger partial charge in [-0.2, -0.15) is 5.10 Å². The summed E-state index contributed by atoms with van der Waals surface area (Å²) < 4.78 is 1.73. The van der Waals surface area contributed by atoms with E-state index in [1.807, 2.05) is 72.9 Å². The summed E-state index contributed by atoms with van der Waals surface area (Å²) in [7, 11) is 0. The minimum atomic E-state index is -0.347. The second kappa shape index (κ2) is 8.61. The molecule has 2 aromatic heterocycles. The Morgan fingerprint density at radius 1 is 0.938 bits per heavy atom. The molecular formula is C26H24N5O+. The Labute approximate surface area is 185 Å². The van der Waals surface area contributed by atoms with Gasteiger partial charge in [-0.15, -0.1) is 0 Å². The summed E-state index contributed by atoms with van der Waals surface area (Å²) in [6.07, 6.45) is 5.02. The number of hydrogen-bond donors (Lipinski definition) is 2. The van der Waals surface area contributed by atoms with Gasteiger partial charge >= 0.3 is 0 Å². The summed E-state index contributed by atoms with van der Waals surface area (Å²) in [5.41, 5.74) is 4.78. The molecule has 2 heterocycles. The van der Waals surface area contributed by atoms with Crippen molar-refractivity contribution in [2.45, 2.75) is 19.0 Å². The first-order valence-electron chi connectivity index (χ1n) is 10.7. The van der Waals surface area contributed by atoms with E-state index >= 15 is 0 Å². The van der Waals surface area contributed by atoms with E-state index in [4.69, 9.17) is 0 Å². The number of fused-ring (bicyclic) bond motifs is 1. The normalized spacial score (nSPS) is 13.2. The molecule has 0 aliphatic carbocycles. The molecule has 2 atom stereocenters. The molecule has 5 aromatic rings. The highest BCUT2D eigenvalue weighted by Gasteiger charge is 2.29. The Bertz CT molecular complexity index is 1320. The van der Waals surface area contributed by atoms with Gasteiger partial charge in [0.05, 0.1) is 5.69 Å². The number of carbonyl (C=O) groups excluding carboxylic acids is 1. The summed E-state index contributed by atoms with van der Waals surface area (Å²) in [5, 5.41) is 7.27. The maximum absolute atomic E-state index is 13.7. The lowest BCUT2D eigenvalue weighted by Gasteiger charge is -2.20. The maximum Gasteiger partial charge on any atom is 0.226 e. The molecule has 6 heteroatoms. The molecule has 5 rings (SSSR count). The third-order valence-corrected chi connectivity index (χ3v) is 5.88. The standard InChI is InChI=1S/C26H23N5O/c1-18(19-11-13-21(14-12-19)31-17-27-16-29-31)30-25(20-7-3-2-4-8-20)26(32)23-15-28-24-10-6-5-9-22(23)24/h2-18,25,28,30H,1H3/p+1/t18-,25+/m0/s1. The Morgan fingerprint density at radius 3 is 2.44 bits per heavy atom. The highest BCUT2D eigenvalue weighted by molar-refractivity contribution is 6.09. The van der Waals surface area contributed by atoms with Crippen LogP contribution >= 0.6 is 0 Å². The number of carbonyl (C=O) groups is 1. The number of nitrogens with one attached hydrogen (secondary N) is 1. The number of nitrogens with zero attached hydrogens (tertiary/aromatic N) is 3. The van der Waals surface area contributed by atoms with Gasteiger partial charge in [0.1, 0.15) is 18.7 Å². The fourth-order valence-corrected chi connectivity index (χ4v) is 4.13. The van der Waals surface area contributed by atoms with E-state index in [1.165, 1.54) is 6.33 Å². The number of para-hydroxylation sites is 1. The lowest BCUT2D eigenvalue weighted by Crippen LogP contribution is -2.87. The molecule has 0 aliphatic heterocycles. The predicted molar refractivity (Wildman–Crippen MR) is 124 cm³/mol. The minimum Gasteiger partial charge on any atom is -0.360 e. The van der Waals surface area contributed by atoms with Crippen molar-refractivity contribution in [1.82, 2.24) is 19.7 Å². The van der Waals surface area contributed by atoms with Crippen LogP contribution < -0.4 is 5.32 Å². The van der Waals surface area contributed by atoms with Crippen molar-refractivity contribution in [3.8, 4) is 5.69 Å². The number of ketones is 1. The second-order valence-corrected chi connectivity index (χ2v) is 7.91. The van der Waals surface area contributed by atoms with Gasteiger partial charge in [0, 0.05) is 33.8 Å². The topological polar surface area (TPSA) is 80.2 Å². The largest absolute Gasteiger partial charge is 0.360 e. The number of H-pyrrole nitrogens is 1. The molecule has 0 saturated heterocycles. The SMILES string of the molecule is C[C@H]([NH2+][C@@H](C(=O)c1c[nH]c2ccccc12)c1ccccc1)c1ccc(-n2cncn2)cc1. The van der Waals surface area contributed by atoms with Crippen molar-refractivity contribution in [3.05, 3.63) is 114 Å². The van der Waals surface area contributed by atoms with Crippen molar-refractivity contribution in [3.63, 3.8) is 0 Å². The number of aromatic nitrogens is 4. The maximum atomic E-state index is 13.7. The van der Waals surface area contributed by atoms with E-state index < -0.39 is 0 Å². The predicted octanol–water partition coefficient (Wildman–Crippen LogP) is 4.00. The van der Waals surface area contributed by atoms with E-state index in [0.29, 0.717) is 0 Å². The van der Waals surface area contributed by atoms with Gasteiger partial charge < -0.3 is 10.3 Å². The summed E-state index contributed by atoms with van der Waals surface area (Å²) >= 11 is 0. The van der Waals surface area contributed by atoms with Crippen LogP contribution in [0.25, 0.3) is 16.6 Å². The van der Waals surface area contributed by atoms with Crippen LogP contribution in [-0.2, 0) is 0 Å². The molecule has 0 aliphatic rings. The summed E-state index contributed by atoms with van der Waals surface area (Å²) in [6.45, 7) is 2.13. The zero-order chi connectivity index (χ0) is 21.9.